The monoisotopic (exact) mass is 228 g/mol. The zero-order valence-electron chi connectivity index (χ0n) is 9.05. The van der Waals surface area contributed by atoms with Crippen LogP contribution in [0.15, 0.2) is 54.6 Å². The summed E-state index contributed by atoms with van der Waals surface area (Å²) in [6.45, 7) is 0. The summed E-state index contributed by atoms with van der Waals surface area (Å²) in [6, 6.07) is 15.8. The summed E-state index contributed by atoms with van der Waals surface area (Å²) in [5.74, 6) is -0.180. The first-order chi connectivity index (χ1) is 8.29. The molecule has 4 nitrogen and oxygen atoms in total. The van der Waals surface area contributed by atoms with Crippen LogP contribution >= 0.6 is 0 Å². The third-order valence-corrected chi connectivity index (χ3v) is 2.31. The normalized spacial score (nSPS) is 9.71. The highest BCUT2D eigenvalue weighted by Crippen LogP contribution is 2.11. The fraction of sp³-hybridized carbons (Fsp3) is 0. The molecular weight excluding hydrogens is 216 g/mol. The van der Waals surface area contributed by atoms with Gasteiger partial charge in [0.1, 0.15) is 0 Å². The number of hydrogen-bond acceptors (Lipinski definition) is 3. The van der Waals surface area contributed by atoms with Crippen molar-refractivity contribution in [3.05, 3.63) is 60.2 Å². The van der Waals surface area contributed by atoms with Crippen molar-refractivity contribution in [3.63, 3.8) is 0 Å². The van der Waals surface area contributed by atoms with Crippen molar-refractivity contribution >= 4 is 17.3 Å². The van der Waals surface area contributed by atoms with E-state index in [9.17, 15) is 4.79 Å². The quantitative estimate of drug-likeness (QED) is 0.708. The zero-order valence-corrected chi connectivity index (χ0v) is 9.05. The van der Waals surface area contributed by atoms with Crippen molar-refractivity contribution in [2.75, 3.05) is 10.8 Å². The maximum absolute atomic E-state index is 11.8. The van der Waals surface area contributed by atoms with E-state index in [2.05, 4.69) is 5.32 Å². The molecule has 0 unspecified atom stereocenters. The van der Waals surface area contributed by atoms with Gasteiger partial charge in [0.2, 0.25) is 0 Å². The van der Waals surface area contributed by atoms with Gasteiger partial charge in [0.15, 0.2) is 0 Å². The molecule has 2 aromatic carbocycles. The molecule has 0 aromatic heterocycles. The average Bonchev–Trinajstić information content (AvgIpc) is 2.40. The van der Waals surface area contributed by atoms with Crippen LogP contribution in [0.5, 0.6) is 0 Å². The van der Waals surface area contributed by atoms with Crippen molar-refractivity contribution in [1.82, 2.24) is 0 Å². The van der Waals surface area contributed by atoms with E-state index in [1.165, 1.54) is 0 Å². The van der Waals surface area contributed by atoms with E-state index >= 15 is 0 Å². The molecule has 0 heterocycles. The minimum Gasteiger partial charge on any atom is -0.322 e. The molecule has 0 atom stereocenters. The van der Waals surface area contributed by atoms with E-state index in [1.807, 2.05) is 35.8 Å². The molecule has 2 aromatic rings. The second kappa shape index (κ2) is 5.14. The Labute approximate surface area is 98.9 Å². The molecule has 0 aliphatic rings. The van der Waals surface area contributed by atoms with Gasteiger partial charge in [-0.15, -0.1) is 0 Å². The van der Waals surface area contributed by atoms with Crippen LogP contribution in [0, 0.1) is 0 Å². The molecule has 0 bridgehead atoms. The topological polar surface area (TPSA) is 61.4 Å². The summed E-state index contributed by atoms with van der Waals surface area (Å²) < 4.78 is 0. The Kier molecular flexibility index (Phi) is 3.37. The fourth-order valence-electron chi connectivity index (χ4n) is 1.42. The first kappa shape index (κ1) is 11.2. The Morgan fingerprint density at radius 3 is 2.12 bits per heavy atom. The van der Waals surface area contributed by atoms with Crippen LogP contribution in [-0.2, 0) is 0 Å². The molecule has 17 heavy (non-hydrogen) atoms. The minimum atomic E-state index is -0.180. The van der Waals surface area contributed by atoms with Gasteiger partial charge in [-0.05, 0) is 36.4 Å². The average molecular weight is 228 g/mol. The molecule has 4 heteroatoms. The molecule has 0 radical (unpaired) electrons. The van der Waals surface area contributed by atoms with E-state index in [-0.39, 0.29) is 5.91 Å². The highest BCUT2D eigenvalue weighted by molar-refractivity contribution is 6.04. The van der Waals surface area contributed by atoms with E-state index < -0.39 is 0 Å². The Bertz CT molecular complexity index is 495. The summed E-state index contributed by atoms with van der Waals surface area (Å²) >= 11 is 0. The van der Waals surface area contributed by atoms with Crippen molar-refractivity contribution < 1.29 is 10.0 Å². The predicted molar refractivity (Wildman–Crippen MR) is 66.2 cm³/mol. The standard InChI is InChI=1S/C13H12N2O2/c16-13(14-11-4-2-1-3-5-11)10-6-8-12(15-17)9-7-10/h1-9,15,17H,(H,14,16). The molecule has 86 valence electrons. The number of nitrogens with one attached hydrogen (secondary N) is 2. The molecular formula is C13H12N2O2. The molecule has 1 amide bonds. The lowest BCUT2D eigenvalue weighted by Gasteiger charge is -2.05. The molecule has 0 saturated carbocycles. The van der Waals surface area contributed by atoms with Gasteiger partial charge in [0.05, 0.1) is 5.69 Å². The van der Waals surface area contributed by atoms with E-state index in [1.54, 1.807) is 24.3 Å². The van der Waals surface area contributed by atoms with E-state index in [0.717, 1.165) is 5.69 Å². The van der Waals surface area contributed by atoms with Gasteiger partial charge in [0, 0.05) is 11.3 Å². The lowest BCUT2D eigenvalue weighted by Crippen LogP contribution is -2.11. The Hall–Kier alpha value is -2.33. The SMILES string of the molecule is O=C(Nc1ccccc1)c1ccc(NO)cc1. The summed E-state index contributed by atoms with van der Waals surface area (Å²) in [4.78, 5) is 11.8. The molecule has 0 aliphatic carbocycles. The smallest absolute Gasteiger partial charge is 0.255 e. The highest BCUT2D eigenvalue weighted by Gasteiger charge is 2.05. The van der Waals surface area contributed by atoms with Crippen LogP contribution in [-0.4, -0.2) is 11.1 Å². The number of amides is 1. The molecule has 0 aliphatic heterocycles. The summed E-state index contributed by atoms with van der Waals surface area (Å²) in [7, 11) is 0. The fourth-order valence-corrected chi connectivity index (χ4v) is 1.42. The Morgan fingerprint density at radius 1 is 0.882 bits per heavy atom. The number of anilines is 2. The summed E-state index contributed by atoms with van der Waals surface area (Å²) in [5.41, 5.74) is 3.84. The minimum absolute atomic E-state index is 0.180. The summed E-state index contributed by atoms with van der Waals surface area (Å²) in [6.07, 6.45) is 0. The van der Waals surface area contributed by atoms with Gasteiger partial charge in [-0.3, -0.25) is 15.5 Å². The van der Waals surface area contributed by atoms with Gasteiger partial charge in [-0.2, -0.15) is 0 Å². The maximum atomic E-state index is 11.8. The summed E-state index contributed by atoms with van der Waals surface area (Å²) in [5, 5.41) is 11.4. The van der Waals surface area contributed by atoms with Crippen molar-refractivity contribution in [1.29, 1.82) is 0 Å². The second-order valence-corrected chi connectivity index (χ2v) is 3.51. The van der Waals surface area contributed by atoms with Crippen molar-refractivity contribution in [3.8, 4) is 0 Å². The molecule has 3 N–H and O–H groups in total. The van der Waals surface area contributed by atoms with E-state index in [0.29, 0.717) is 11.3 Å². The van der Waals surface area contributed by atoms with Crippen LogP contribution < -0.4 is 10.8 Å². The van der Waals surface area contributed by atoms with Crippen LogP contribution in [0.25, 0.3) is 0 Å². The van der Waals surface area contributed by atoms with Gasteiger partial charge < -0.3 is 5.32 Å². The van der Waals surface area contributed by atoms with Gasteiger partial charge in [-0.25, -0.2) is 0 Å². The number of carbonyl (C=O) groups is 1. The number of hydrogen-bond donors (Lipinski definition) is 3. The Morgan fingerprint density at radius 2 is 1.53 bits per heavy atom. The number of para-hydroxylation sites is 1. The van der Waals surface area contributed by atoms with Crippen LogP contribution in [0.2, 0.25) is 0 Å². The first-order valence-electron chi connectivity index (χ1n) is 5.16. The maximum Gasteiger partial charge on any atom is 0.255 e. The molecule has 0 spiro atoms. The molecule has 2 rings (SSSR count). The van der Waals surface area contributed by atoms with Crippen LogP contribution in [0.3, 0.4) is 0 Å². The third-order valence-electron chi connectivity index (χ3n) is 2.31. The van der Waals surface area contributed by atoms with Crippen LogP contribution in [0.4, 0.5) is 11.4 Å². The zero-order chi connectivity index (χ0) is 12.1. The van der Waals surface area contributed by atoms with Gasteiger partial charge >= 0.3 is 0 Å². The van der Waals surface area contributed by atoms with Crippen molar-refractivity contribution in [2.45, 2.75) is 0 Å². The number of carbonyl (C=O) groups excluding carboxylic acids is 1. The molecule has 0 fully saturated rings. The largest absolute Gasteiger partial charge is 0.322 e. The third kappa shape index (κ3) is 2.83. The predicted octanol–water partition coefficient (Wildman–Crippen LogP) is 2.74. The van der Waals surface area contributed by atoms with E-state index in [4.69, 9.17) is 5.21 Å². The highest BCUT2D eigenvalue weighted by atomic mass is 16.5. The number of benzene rings is 2. The lowest BCUT2D eigenvalue weighted by atomic mass is 10.2. The van der Waals surface area contributed by atoms with Gasteiger partial charge in [-0.1, -0.05) is 18.2 Å². The van der Waals surface area contributed by atoms with Crippen LogP contribution in [0.1, 0.15) is 10.4 Å². The lowest BCUT2D eigenvalue weighted by molar-refractivity contribution is 0.102. The first-order valence-corrected chi connectivity index (χ1v) is 5.16. The number of rotatable bonds is 3. The second-order valence-electron chi connectivity index (χ2n) is 3.51. The molecule has 0 saturated heterocycles. The Balaban J connectivity index is 2.09. The van der Waals surface area contributed by atoms with Gasteiger partial charge in [0.25, 0.3) is 5.91 Å². The van der Waals surface area contributed by atoms with Crippen molar-refractivity contribution in [2.24, 2.45) is 0 Å².